The Morgan fingerprint density at radius 2 is 1.86 bits per heavy atom. The normalized spacial score (nSPS) is 16.0. The van der Waals surface area contributed by atoms with E-state index in [-0.39, 0.29) is 29.3 Å². The molecule has 0 radical (unpaired) electrons. The van der Waals surface area contributed by atoms with E-state index in [1.165, 1.54) is 6.07 Å². The summed E-state index contributed by atoms with van der Waals surface area (Å²) in [5.41, 5.74) is 1.65. The first kappa shape index (κ1) is 18.9. The zero-order valence-corrected chi connectivity index (χ0v) is 14.3. The second-order valence-corrected chi connectivity index (χ2v) is 6.99. The van der Waals surface area contributed by atoms with E-state index in [0.29, 0.717) is 11.1 Å². The van der Waals surface area contributed by atoms with Crippen molar-refractivity contribution in [3.63, 3.8) is 0 Å². The molecule has 0 aliphatic carbocycles. The Bertz CT molecular complexity index is 656. The smallest absolute Gasteiger partial charge is 0.251 e. The van der Waals surface area contributed by atoms with Crippen LogP contribution in [0.1, 0.15) is 34.3 Å². The number of rotatable bonds is 3. The maximum Gasteiger partial charge on any atom is 0.251 e. The van der Waals surface area contributed by atoms with Gasteiger partial charge in [0.05, 0.1) is 4.90 Å². The predicted molar refractivity (Wildman–Crippen MR) is 87.9 cm³/mol. The van der Waals surface area contributed by atoms with Crippen LogP contribution < -0.4 is 15.8 Å². The number of hydrogen-bond donors (Lipinski definition) is 3. The van der Waals surface area contributed by atoms with Gasteiger partial charge in [0.1, 0.15) is 0 Å². The van der Waals surface area contributed by atoms with Crippen LogP contribution in [-0.4, -0.2) is 33.5 Å². The number of nitrogens with one attached hydrogen (secondary N) is 2. The second kappa shape index (κ2) is 7.41. The van der Waals surface area contributed by atoms with E-state index >= 15 is 0 Å². The molecule has 1 amide bonds. The van der Waals surface area contributed by atoms with Gasteiger partial charge in [-0.25, -0.2) is 13.6 Å². The average molecular weight is 348 g/mol. The lowest BCUT2D eigenvalue weighted by Gasteiger charge is -2.24. The monoisotopic (exact) mass is 347 g/mol. The number of hydrogen-bond acceptors (Lipinski definition) is 4. The number of nitrogens with two attached hydrogens (primary N) is 1. The molecule has 1 aliphatic heterocycles. The van der Waals surface area contributed by atoms with Crippen molar-refractivity contribution in [1.29, 1.82) is 0 Å². The standard InChI is InChI=1S/C14H21N3O3S.ClH/c1-9-7-11(8-13(10(9)2)21(15,19)20)14(18)17-12-3-5-16-6-4-12;/h7-8,12,16H,3-6H2,1-2H3,(H,17,18)(H2,15,19,20);1H. The molecule has 2 rings (SSSR count). The van der Waals surface area contributed by atoms with Gasteiger partial charge < -0.3 is 10.6 Å². The van der Waals surface area contributed by atoms with E-state index in [1.807, 2.05) is 0 Å². The molecular weight excluding hydrogens is 326 g/mol. The summed E-state index contributed by atoms with van der Waals surface area (Å²) in [6.07, 6.45) is 1.75. The van der Waals surface area contributed by atoms with E-state index in [0.717, 1.165) is 31.5 Å². The Balaban J connectivity index is 0.00000242. The van der Waals surface area contributed by atoms with Crippen molar-refractivity contribution in [2.45, 2.75) is 37.6 Å². The molecule has 6 nitrogen and oxygen atoms in total. The highest BCUT2D eigenvalue weighted by Crippen LogP contribution is 2.20. The van der Waals surface area contributed by atoms with Gasteiger partial charge in [0, 0.05) is 11.6 Å². The largest absolute Gasteiger partial charge is 0.349 e. The molecule has 22 heavy (non-hydrogen) atoms. The van der Waals surface area contributed by atoms with Gasteiger partial charge in [0.15, 0.2) is 0 Å². The van der Waals surface area contributed by atoms with Crippen LogP contribution in [0.15, 0.2) is 17.0 Å². The molecule has 1 aromatic carbocycles. The van der Waals surface area contributed by atoms with Crippen molar-refractivity contribution >= 4 is 28.3 Å². The summed E-state index contributed by atoms with van der Waals surface area (Å²) in [6.45, 7) is 5.20. The van der Waals surface area contributed by atoms with Crippen molar-refractivity contribution in [1.82, 2.24) is 10.6 Å². The highest BCUT2D eigenvalue weighted by molar-refractivity contribution is 7.89. The SMILES string of the molecule is Cc1cc(C(=O)NC2CCNCC2)cc(S(N)(=O)=O)c1C.Cl. The molecule has 0 aromatic heterocycles. The van der Waals surface area contributed by atoms with Gasteiger partial charge in [0.2, 0.25) is 10.0 Å². The van der Waals surface area contributed by atoms with E-state index in [1.54, 1.807) is 19.9 Å². The highest BCUT2D eigenvalue weighted by Gasteiger charge is 2.20. The Morgan fingerprint density at radius 3 is 2.41 bits per heavy atom. The van der Waals surface area contributed by atoms with Crippen LogP contribution in [0.5, 0.6) is 0 Å². The van der Waals surface area contributed by atoms with E-state index < -0.39 is 10.0 Å². The first-order valence-corrected chi connectivity index (χ1v) is 8.49. The summed E-state index contributed by atoms with van der Waals surface area (Å²) in [5, 5.41) is 11.4. The fourth-order valence-electron chi connectivity index (χ4n) is 2.49. The van der Waals surface area contributed by atoms with Crippen LogP contribution in [0.4, 0.5) is 0 Å². The number of aryl methyl sites for hydroxylation is 1. The van der Waals surface area contributed by atoms with Gasteiger partial charge in [0.25, 0.3) is 5.91 Å². The molecule has 124 valence electrons. The summed E-state index contributed by atoms with van der Waals surface area (Å²) in [5.74, 6) is -0.255. The quantitative estimate of drug-likeness (QED) is 0.754. The molecule has 4 N–H and O–H groups in total. The number of benzene rings is 1. The molecule has 1 saturated heterocycles. The van der Waals surface area contributed by atoms with Crippen LogP contribution in [0.3, 0.4) is 0 Å². The molecule has 1 fully saturated rings. The minimum Gasteiger partial charge on any atom is -0.349 e. The molecule has 0 unspecified atom stereocenters. The van der Waals surface area contributed by atoms with Gasteiger partial charge in [-0.1, -0.05) is 0 Å². The minimum atomic E-state index is -3.84. The van der Waals surface area contributed by atoms with Crippen LogP contribution in [0.2, 0.25) is 0 Å². The minimum absolute atomic E-state index is 0. The lowest BCUT2D eigenvalue weighted by atomic mass is 10.0. The fourth-order valence-corrected chi connectivity index (χ4v) is 3.37. The topological polar surface area (TPSA) is 101 Å². The van der Waals surface area contributed by atoms with Crippen LogP contribution in [-0.2, 0) is 10.0 Å². The molecule has 1 aliphatic rings. The lowest BCUT2D eigenvalue weighted by molar-refractivity contribution is 0.0929. The van der Waals surface area contributed by atoms with Crippen LogP contribution in [0.25, 0.3) is 0 Å². The maximum atomic E-state index is 12.3. The number of carbonyl (C=O) groups excluding carboxylic acids is 1. The Morgan fingerprint density at radius 1 is 1.27 bits per heavy atom. The Hall–Kier alpha value is -1.15. The number of amides is 1. The third-order valence-electron chi connectivity index (χ3n) is 3.86. The number of primary sulfonamides is 1. The molecule has 0 saturated carbocycles. The number of carbonyl (C=O) groups is 1. The van der Waals surface area contributed by atoms with Gasteiger partial charge in [-0.2, -0.15) is 0 Å². The van der Waals surface area contributed by atoms with E-state index in [4.69, 9.17) is 5.14 Å². The van der Waals surface area contributed by atoms with Crippen LogP contribution in [0, 0.1) is 13.8 Å². The summed E-state index contributed by atoms with van der Waals surface area (Å²) in [7, 11) is -3.84. The molecule has 0 spiro atoms. The van der Waals surface area contributed by atoms with Crippen molar-refractivity contribution < 1.29 is 13.2 Å². The number of piperidine rings is 1. The molecule has 1 aromatic rings. The maximum absolute atomic E-state index is 12.3. The second-order valence-electron chi connectivity index (χ2n) is 5.46. The van der Waals surface area contributed by atoms with Gasteiger partial charge in [-0.15, -0.1) is 12.4 Å². The number of sulfonamides is 1. The lowest BCUT2D eigenvalue weighted by Crippen LogP contribution is -2.42. The average Bonchev–Trinajstić information content (AvgIpc) is 2.41. The molecule has 8 heteroatoms. The predicted octanol–water partition coefficient (Wildman–Crippen LogP) is 0.854. The third-order valence-corrected chi connectivity index (χ3v) is 4.90. The van der Waals surface area contributed by atoms with Crippen molar-refractivity contribution in [3.8, 4) is 0 Å². The third kappa shape index (κ3) is 4.42. The summed E-state index contributed by atoms with van der Waals surface area (Å²) in [6, 6.07) is 3.17. The zero-order chi connectivity index (χ0) is 15.6. The van der Waals surface area contributed by atoms with Crippen LogP contribution >= 0.6 is 12.4 Å². The van der Waals surface area contributed by atoms with E-state index in [9.17, 15) is 13.2 Å². The van der Waals surface area contributed by atoms with Crippen molar-refractivity contribution in [3.05, 3.63) is 28.8 Å². The van der Waals surface area contributed by atoms with E-state index in [2.05, 4.69) is 10.6 Å². The summed E-state index contributed by atoms with van der Waals surface area (Å²) in [4.78, 5) is 12.3. The Labute approximate surface area is 137 Å². The highest BCUT2D eigenvalue weighted by atomic mass is 35.5. The first-order valence-electron chi connectivity index (χ1n) is 6.94. The molecular formula is C14H22ClN3O3S. The molecule has 1 heterocycles. The fraction of sp³-hybridized carbons (Fsp3) is 0.500. The van der Waals surface area contributed by atoms with Gasteiger partial charge in [-0.05, 0) is 63.0 Å². The van der Waals surface area contributed by atoms with Gasteiger partial charge >= 0.3 is 0 Å². The summed E-state index contributed by atoms with van der Waals surface area (Å²) < 4.78 is 23.2. The molecule has 0 bridgehead atoms. The summed E-state index contributed by atoms with van der Waals surface area (Å²) >= 11 is 0. The van der Waals surface area contributed by atoms with Crippen molar-refractivity contribution in [2.75, 3.05) is 13.1 Å². The Kier molecular flexibility index (Phi) is 6.37. The van der Waals surface area contributed by atoms with Crippen molar-refractivity contribution in [2.24, 2.45) is 5.14 Å². The first-order chi connectivity index (χ1) is 9.79. The number of halogens is 1. The van der Waals surface area contributed by atoms with Gasteiger partial charge in [-0.3, -0.25) is 4.79 Å². The zero-order valence-electron chi connectivity index (χ0n) is 12.7. The molecule has 0 atom stereocenters.